The molecule has 0 aliphatic carbocycles. The molecule has 0 saturated carbocycles. The van der Waals surface area contributed by atoms with Gasteiger partial charge in [-0.15, -0.1) is 11.3 Å². The Labute approximate surface area is 124 Å². The highest BCUT2D eigenvalue weighted by Crippen LogP contribution is 2.36. The lowest BCUT2D eigenvalue weighted by molar-refractivity contribution is 0.189. The lowest BCUT2D eigenvalue weighted by Crippen LogP contribution is -1.97. The second kappa shape index (κ2) is 4.81. The van der Waals surface area contributed by atoms with Gasteiger partial charge in [0.1, 0.15) is 11.9 Å². The number of halogens is 2. The Morgan fingerprint density at radius 2 is 2.06 bits per heavy atom. The Kier molecular flexibility index (Phi) is 3.32. The molecule has 1 atom stereocenters. The van der Waals surface area contributed by atoms with Crippen LogP contribution in [0, 0.1) is 0 Å². The molecule has 0 aliphatic rings. The maximum atomic E-state index is 10.4. The molecule has 0 fully saturated rings. The fourth-order valence-electron chi connectivity index (χ4n) is 1.88. The topological polar surface area (TPSA) is 33.4 Å². The maximum Gasteiger partial charge on any atom is 0.183 e. The first-order valence-electron chi connectivity index (χ1n) is 5.25. The van der Waals surface area contributed by atoms with Crippen LogP contribution >= 0.6 is 43.2 Å². The van der Waals surface area contributed by atoms with Gasteiger partial charge in [0.2, 0.25) is 0 Å². The minimum absolute atomic E-state index is 0.523. The van der Waals surface area contributed by atoms with E-state index in [9.17, 15) is 5.11 Å². The van der Waals surface area contributed by atoms with Crippen LogP contribution in [0.15, 0.2) is 49.3 Å². The number of hydrogen-bond donors (Lipinski definition) is 1. The molecule has 0 radical (unpaired) electrons. The van der Waals surface area contributed by atoms with Crippen molar-refractivity contribution >= 4 is 53.3 Å². The van der Waals surface area contributed by atoms with Crippen molar-refractivity contribution in [3.63, 3.8) is 0 Å². The van der Waals surface area contributed by atoms with E-state index in [2.05, 4.69) is 31.9 Å². The molecule has 18 heavy (non-hydrogen) atoms. The van der Waals surface area contributed by atoms with E-state index in [4.69, 9.17) is 4.42 Å². The third-order valence-electron chi connectivity index (χ3n) is 2.74. The Hall–Kier alpha value is -0.620. The normalized spacial score (nSPS) is 13.1. The minimum Gasteiger partial charge on any atom is -0.450 e. The van der Waals surface area contributed by atoms with Crippen LogP contribution in [0.3, 0.4) is 0 Å². The van der Waals surface area contributed by atoms with Crippen molar-refractivity contribution in [2.24, 2.45) is 0 Å². The third kappa shape index (κ3) is 2.05. The molecule has 92 valence electrons. The molecule has 2 nitrogen and oxygen atoms in total. The number of rotatable bonds is 2. The van der Waals surface area contributed by atoms with Gasteiger partial charge in [-0.25, -0.2) is 0 Å². The molecule has 1 N–H and O–H groups in total. The quantitative estimate of drug-likeness (QED) is 0.663. The first kappa shape index (κ1) is 12.4. The molecule has 5 heteroatoms. The number of aliphatic hydroxyl groups is 1. The van der Waals surface area contributed by atoms with E-state index in [0.717, 1.165) is 20.1 Å². The Bertz CT molecular complexity index is 682. The van der Waals surface area contributed by atoms with Crippen LogP contribution < -0.4 is 0 Å². The molecule has 0 aliphatic heterocycles. The molecule has 2 heterocycles. The van der Waals surface area contributed by atoms with Crippen molar-refractivity contribution in [2.75, 3.05) is 0 Å². The monoisotopic (exact) mass is 386 g/mol. The van der Waals surface area contributed by atoms with E-state index >= 15 is 0 Å². The smallest absolute Gasteiger partial charge is 0.183 e. The number of thiophene rings is 1. The predicted octanol–water partition coefficient (Wildman–Crippen LogP) is 5.10. The molecule has 1 unspecified atom stereocenters. The van der Waals surface area contributed by atoms with Gasteiger partial charge < -0.3 is 9.52 Å². The second-order valence-corrected chi connectivity index (χ2v) is 6.35. The van der Waals surface area contributed by atoms with Crippen LogP contribution in [0.25, 0.3) is 10.1 Å². The molecule has 0 amide bonds. The van der Waals surface area contributed by atoms with Gasteiger partial charge >= 0.3 is 0 Å². The number of fused-ring (bicyclic) bond motifs is 1. The van der Waals surface area contributed by atoms with Gasteiger partial charge in [0, 0.05) is 10.3 Å². The van der Waals surface area contributed by atoms with Crippen LogP contribution in [0.2, 0.25) is 0 Å². The Morgan fingerprint density at radius 1 is 1.22 bits per heavy atom. The second-order valence-electron chi connectivity index (χ2n) is 3.86. The summed E-state index contributed by atoms with van der Waals surface area (Å²) in [5.74, 6) is 0.523. The predicted molar refractivity (Wildman–Crippen MR) is 80.0 cm³/mol. The van der Waals surface area contributed by atoms with E-state index in [0.29, 0.717) is 10.4 Å². The van der Waals surface area contributed by atoms with E-state index in [1.54, 1.807) is 17.4 Å². The summed E-state index contributed by atoms with van der Waals surface area (Å²) in [6, 6.07) is 9.73. The highest BCUT2D eigenvalue weighted by molar-refractivity contribution is 9.13. The molecule has 0 spiro atoms. The summed E-state index contributed by atoms with van der Waals surface area (Å²) in [7, 11) is 0. The van der Waals surface area contributed by atoms with Crippen LogP contribution in [0.5, 0.6) is 0 Å². The van der Waals surface area contributed by atoms with Crippen LogP contribution in [0.1, 0.15) is 17.4 Å². The van der Waals surface area contributed by atoms with Crippen molar-refractivity contribution in [3.05, 3.63) is 56.2 Å². The molecular formula is C13H8Br2O2S. The summed E-state index contributed by atoms with van der Waals surface area (Å²) in [6.45, 7) is 0. The SMILES string of the molecule is OC(c1cc(Br)c(Br)o1)c1cccc2ccsc12. The molecule has 3 aromatic rings. The van der Waals surface area contributed by atoms with Gasteiger partial charge in [-0.2, -0.15) is 0 Å². The van der Waals surface area contributed by atoms with Gasteiger partial charge in [0.15, 0.2) is 4.67 Å². The van der Waals surface area contributed by atoms with Gasteiger partial charge in [0.05, 0.1) is 4.47 Å². The van der Waals surface area contributed by atoms with E-state index < -0.39 is 6.10 Å². The van der Waals surface area contributed by atoms with E-state index in [-0.39, 0.29) is 0 Å². The molecular weight excluding hydrogens is 380 g/mol. The standard InChI is InChI=1S/C13H8Br2O2S/c14-9-6-10(17-13(9)15)11(16)8-3-1-2-7-4-5-18-12(7)8/h1-6,11,16H. The van der Waals surface area contributed by atoms with Crippen molar-refractivity contribution < 1.29 is 9.52 Å². The number of aliphatic hydroxyl groups excluding tert-OH is 1. The zero-order valence-corrected chi connectivity index (χ0v) is 13.0. The molecule has 0 bridgehead atoms. The fraction of sp³-hybridized carbons (Fsp3) is 0.0769. The molecule has 3 rings (SSSR count). The highest BCUT2D eigenvalue weighted by Gasteiger charge is 2.19. The first-order valence-corrected chi connectivity index (χ1v) is 7.72. The van der Waals surface area contributed by atoms with Crippen molar-refractivity contribution in [1.29, 1.82) is 0 Å². The lowest BCUT2D eigenvalue weighted by atomic mass is 10.1. The van der Waals surface area contributed by atoms with Crippen molar-refractivity contribution in [3.8, 4) is 0 Å². The minimum atomic E-state index is -0.755. The molecule has 1 aromatic carbocycles. The summed E-state index contributed by atoms with van der Waals surface area (Å²) in [5.41, 5.74) is 0.872. The summed E-state index contributed by atoms with van der Waals surface area (Å²) >= 11 is 8.25. The average molecular weight is 388 g/mol. The Balaban J connectivity index is 2.11. The number of hydrogen-bond acceptors (Lipinski definition) is 3. The largest absolute Gasteiger partial charge is 0.450 e. The molecule has 2 aromatic heterocycles. The zero-order chi connectivity index (χ0) is 12.7. The van der Waals surface area contributed by atoms with Crippen LogP contribution in [-0.4, -0.2) is 5.11 Å². The average Bonchev–Trinajstić information content (AvgIpc) is 2.95. The van der Waals surface area contributed by atoms with E-state index in [1.165, 1.54) is 0 Å². The van der Waals surface area contributed by atoms with Crippen LogP contribution in [-0.2, 0) is 0 Å². The summed E-state index contributed by atoms with van der Waals surface area (Å²) in [4.78, 5) is 0. The summed E-state index contributed by atoms with van der Waals surface area (Å²) in [6.07, 6.45) is -0.755. The highest BCUT2D eigenvalue weighted by atomic mass is 79.9. The Morgan fingerprint density at radius 3 is 2.78 bits per heavy atom. The van der Waals surface area contributed by atoms with Gasteiger partial charge in [-0.3, -0.25) is 0 Å². The maximum absolute atomic E-state index is 10.4. The van der Waals surface area contributed by atoms with Crippen LogP contribution in [0.4, 0.5) is 0 Å². The molecule has 0 saturated heterocycles. The van der Waals surface area contributed by atoms with E-state index in [1.807, 2.05) is 29.6 Å². The van der Waals surface area contributed by atoms with Crippen molar-refractivity contribution in [1.82, 2.24) is 0 Å². The number of benzene rings is 1. The fourth-order valence-corrected chi connectivity index (χ4v) is 3.43. The number of furan rings is 1. The lowest BCUT2D eigenvalue weighted by Gasteiger charge is -2.09. The van der Waals surface area contributed by atoms with Gasteiger partial charge in [-0.05, 0) is 54.8 Å². The van der Waals surface area contributed by atoms with Gasteiger partial charge in [-0.1, -0.05) is 18.2 Å². The summed E-state index contributed by atoms with van der Waals surface area (Å²) in [5, 5.41) is 13.6. The zero-order valence-electron chi connectivity index (χ0n) is 9.06. The first-order chi connectivity index (χ1) is 8.66. The third-order valence-corrected chi connectivity index (χ3v) is 5.43. The van der Waals surface area contributed by atoms with Crippen molar-refractivity contribution in [2.45, 2.75) is 6.10 Å². The van der Waals surface area contributed by atoms with Gasteiger partial charge in [0.25, 0.3) is 0 Å². The summed E-state index contributed by atoms with van der Waals surface area (Å²) < 4.78 is 7.97.